The highest BCUT2D eigenvalue weighted by Crippen LogP contribution is 2.18. The number of hydrogen-bond acceptors (Lipinski definition) is 5. The van der Waals surface area contributed by atoms with E-state index in [0.717, 1.165) is 31.5 Å². The lowest BCUT2D eigenvalue weighted by atomic mass is 10.0. The molecule has 1 atom stereocenters. The number of nitrogens with one attached hydrogen (secondary N) is 1. The number of nitrogens with zero attached hydrogens (tertiary/aromatic N) is 2. The van der Waals surface area contributed by atoms with E-state index in [-0.39, 0.29) is 17.6 Å². The van der Waals surface area contributed by atoms with E-state index < -0.39 is 5.91 Å². The summed E-state index contributed by atoms with van der Waals surface area (Å²) in [5.41, 5.74) is 8.46. The molecule has 7 nitrogen and oxygen atoms in total. The molecule has 0 aromatic carbocycles. The van der Waals surface area contributed by atoms with Crippen molar-refractivity contribution in [3.05, 3.63) is 29.6 Å². The van der Waals surface area contributed by atoms with Crippen LogP contribution in [0.3, 0.4) is 0 Å². The van der Waals surface area contributed by atoms with Crippen molar-refractivity contribution < 1.29 is 9.59 Å². The fourth-order valence-electron chi connectivity index (χ4n) is 2.48. The maximum atomic E-state index is 11.5. The molecule has 1 unspecified atom stereocenters. The minimum Gasteiger partial charge on any atom is -0.368 e. The van der Waals surface area contributed by atoms with Crippen LogP contribution >= 0.6 is 0 Å². The van der Waals surface area contributed by atoms with Crippen molar-refractivity contribution >= 4 is 11.8 Å². The van der Waals surface area contributed by atoms with E-state index in [1.807, 2.05) is 16.4 Å². The standard InChI is InChI=1S/C13H19N5O2/c14-12(19)11-6-1-2-7-18(11)8-9-4-3-5-10(16-9)13(20)17-15/h3-5,11H,1-2,6-8,15H2,(H2,14,19)(H,17,20). The summed E-state index contributed by atoms with van der Waals surface area (Å²) in [6, 6.07) is 4.90. The van der Waals surface area contributed by atoms with Gasteiger partial charge in [-0.05, 0) is 31.5 Å². The molecule has 1 aromatic rings. The maximum Gasteiger partial charge on any atom is 0.283 e. The van der Waals surface area contributed by atoms with Gasteiger partial charge in [-0.15, -0.1) is 0 Å². The van der Waals surface area contributed by atoms with Crippen molar-refractivity contribution in [3.8, 4) is 0 Å². The number of nitrogen functional groups attached to an aromatic ring is 1. The van der Waals surface area contributed by atoms with Gasteiger partial charge >= 0.3 is 0 Å². The van der Waals surface area contributed by atoms with E-state index in [0.29, 0.717) is 6.54 Å². The number of nitrogens with two attached hydrogens (primary N) is 2. The number of carbonyl (C=O) groups is 2. The summed E-state index contributed by atoms with van der Waals surface area (Å²) in [6.45, 7) is 1.31. The smallest absolute Gasteiger partial charge is 0.283 e. The molecule has 0 bridgehead atoms. The van der Waals surface area contributed by atoms with E-state index in [2.05, 4.69) is 4.98 Å². The Balaban J connectivity index is 2.12. The van der Waals surface area contributed by atoms with Crippen LogP contribution in [0.5, 0.6) is 0 Å². The number of likely N-dealkylation sites (tertiary alicyclic amines) is 1. The zero-order valence-electron chi connectivity index (χ0n) is 11.2. The van der Waals surface area contributed by atoms with Crippen LogP contribution in [0.4, 0.5) is 0 Å². The SMILES string of the molecule is NNC(=O)c1cccc(CN2CCCCC2C(N)=O)n1. The Morgan fingerprint density at radius 1 is 1.40 bits per heavy atom. The van der Waals surface area contributed by atoms with Crippen molar-refractivity contribution in [2.75, 3.05) is 6.54 Å². The minimum absolute atomic E-state index is 0.252. The lowest BCUT2D eigenvalue weighted by Crippen LogP contribution is -2.47. The number of pyridine rings is 1. The summed E-state index contributed by atoms with van der Waals surface area (Å²) in [7, 11) is 0. The highest BCUT2D eigenvalue weighted by Gasteiger charge is 2.27. The van der Waals surface area contributed by atoms with E-state index >= 15 is 0 Å². The van der Waals surface area contributed by atoms with Gasteiger partial charge in [0.1, 0.15) is 5.69 Å². The second-order valence-corrected chi connectivity index (χ2v) is 4.87. The molecule has 7 heteroatoms. The average Bonchev–Trinajstić information content (AvgIpc) is 2.47. The monoisotopic (exact) mass is 277 g/mol. The zero-order chi connectivity index (χ0) is 14.5. The van der Waals surface area contributed by atoms with Crippen LogP contribution in [0.15, 0.2) is 18.2 Å². The molecule has 2 amide bonds. The average molecular weight is 277 g/mol. The second kappa shape index (κ2) is 6.44. The lowest BCUT2D eigenvalue weighted by molar-refractivity contribution is -0.124. The first kappa shape index (κ1) is 14.4. The number of amides is 2. The highest BCUT2D eigenvalue weighted by molar-refractivity contribution is 5.91. The summed E-state index contributed by atoms with van der Waals surface area (Å²) in [4.78, 5) is 29.2. The Bertz CT molecular complexity index is 505. The number of rotatable bonds is 4. The molecule has 0 radical (unpaired) electrons. The first-order valence-electron chi connectivity index (χ1n) is 6.62. The van der Waals surface area contributed by atoms with Crippen molar-refractivity contribution in [3.63, 3.8) is 0 Å². The molecule has 1 aliphatic heterocycles. The van der Waals surface area contributed by atoms with Gasteiger partial charge in [0.15, 0.2) is 0 Å². The predicted molar refractivity (Wildman–Crippen MR) is 73.1 cm³/mol. The summed E-state index contributed by atoms with van der Waals surface area (Å²) in [5.74, 6) is 4.35. The Hall–Kier alpha value is -1.99. The summed E-state index contributed by atoms with van der Waals surface area (Å²) < 4.78 is 0. The first-order valence-corrected chi connectivity index (χ1v) is 6.62. The van der Waals surface area contributed by atoms with Crippen LogP contribution in [-0.2, 0) is 11.3 Å². The number of hydrogen-bond donors (Lipinski definition) is 3. The number of hydrazine groups is 1. The van der Waals surface area contributed by atoms with Gasteiger partial charge in [-0.3, -0.25) is 19.9 Å². The van der Waals surface area contributed by atoms with Crippen molar-refractivity contribution in [2.45, 2.75) is 31.8 Å². The van der Waals surface area contributed by atoms with Gasteiger partial charge in [-0.1, -0.05) is 12.5 Å². The molecule has 0 saturated carbocycles. The molecular weight excluding hydrogens is 258 g/mol. The zero-order valence-corrected chi connectivity index (χ0v) is 11.2. The molecule has 1 aromatic heterocycles. The predicted octanol–water partition coefficient (Wildman–Crippen LogP) is -0.475. The van der Waals surface area contributed by atoms with Gasteiger partial charge in [0.25, 0.3) is 5.91 Å². The molecule has 1 fully saturated rings. The number of aromatic nitrogens is 1. The van der Waals surface area contributed by atoms with Crippen molar-refractivity contribution in [2.24, 2.45) is 11.6 Å². The Labute approximate surface area is 117 Å². The first-order chi connectivity index (χ1) is 9.61. The van der Waals surface area contributed by atoms with Gasteiger partial charge in [0.05, 0.1) is 11.7 Å². The number of primary amides is 1. The van der Waals surface area contributed by atoms with Gasteiger partial charge in [-0.25, -0.2) is 10.8 Å². The Morgan fingerprint density at radius 2 is 2.20 bits per heavy atom. The van der Waals surface area contributed by atoms with Gasteiger partial charge in [-0.2, -0.15) is 0 Å². The third-order valence-corrected chi connectivity index (χ3v) is 3.48. The molecule has 1 saturated heterocycles. The highest BCUT2D eigenvalue weighted by atomic mass is 16.2. The molecule has 2 heterocycles. The van der Waals surface area contributed by atoms with E-state index in [9.17, 15) is 9.59 Å². The molecule has 2 rings (SSSR count). The van der Waals surface area contributed by atoms with E-state index in [1.165, 1.54) is 0 Å². The molecule has 0 spiro atoms. The fraction of sp³-hybridized carbons (Fsp3) is 0.462. The summed E-state index contributed by atoms with van der Waals surface area (Å²) in [6.07, 6.45) is 2.82. The molecular formula is C13H19N5O2. The van der Waals surface area contributed by atoms with Crippen LogP contribution in [0.1, 0.15) is 35.4 Å². The van der Waals surface area contributed by atoms with Crippen LogP contribution in [0, 0.1) is 0 Å². The fourth-order valence-corrected chi connectivity index (χ4v) is 2.48. The molecule has 20 heavy (non-hydrogen) atoms. The van der Waals surface area contributed by atoms with Gasteiger partial charge in [0.2, 0.25) is 5.91 Å². The van der Waals surface area contributed by atoms with Crippen LogP contribution in [-0.4, -0.2) is 34.3 Å². The number of piperidine rings is 1. The summed E-state index contributed by atoms with van der Waals surface area (Å²) >= 11 is 0. The third kappa shape index (κ3) is 3.31. The molecule has 1 aliphatic rings. The van der Waals surface area contributed by atoms with E-state index in [1.54, 1.807) is 12.1 Å². The third-order valence-electron chi connectivity index (χ3n) is 3.48. The molecule has 5 N–H and O–H groups in total. The Morgan fingerprint density at radius 3 is 2.90 bits per heavy atom. The normalized spacial score (nSPS) is 19.6. The lowest BCUT2D eigenvalue weighted by Gasteiger charge is -2.33. The number of carbonyl (C=O) groups excluding carboxylic acids is 2. The molecule has 0 aliphatic carbocycles. The second-order valence-electron chi connectivity index (χ2n) is 4.87. The van der Waals surface area contributed by atoms with Crippen molar-refractivity contribution in [1.82, 2.24) is 15.3 Å². The maximum absolute atomic E-state index is 11.5. The minimum atomic E-state index is -0.433. The van der Waals surface area contributed by atoms with Gasteiger partial charge < -0.3 is 5.73 Å². The largest absolute Gasteiger partial charge is 0.368 e. The van der Waals surface area contributed by atoms with Crippen LogP contribution < -0.4 is 17.0 Å². The van der Waals surface area contributed by atoms with Gasteiger partial charge in [0, 0.05) is 6.54 Å². The van der Waals surface area contributed by atoms with Crippen LogP contribution in [0.25, 0.3) is 0 Å². The van der Waals surface area contributed by atoms with Crippen LogP contribution in [0.2, 0.25) is 0 Å². The quantitative estimate of drug-likeness (QED) is 0.391. The van der Waals surface area contributed by atoms with Crippen molar-refractivity contribution in [1.29, 1.82) is 0 Å². The topological polar surface area (TPSA) is 114 Å². The molecule has 108 valence electrons. The Kier molecular flexibility index (Phi) is 4.65. The van der Waals surface area contributed by atoms with E-state index in [4.69, 9.17) is 11.6 Å². The summed E-state index contributed by atoms with van der Waals surface area (Å²) in [5, 5.41) is 0.